The van der Waals surface area contributed by atoms with E-state index in [-0.39, 0.29) is 0 Å². The van der Waals surface area contributed by atoms with Crippen molar-refractivity contribution in [2.45, 2.75) is 26.8 Å². The lowest BCUT2D eigenvalue weighted by molar-refractivity contribution is 0.354. The fourth-order valence-electron chi connectivity index (χ4n) is 2.91. The summed E-state index contributed by atoms with van der Waals surface area (Å²) in [7, 11) is 4.98. The lowest BCUT2D eigenvalue weighted by Crippen LogP contribution is -2.38. The summed E-state index contributed by atoms with van der Waals surface area (Å²) < 4.78 is 16.0. The minimum absolute atomic E-state index is 0.608. The van der Waals surface area contributed by atoms with Gasteiger partial charge < -0.3 is 24.8 Å². The molecule has 0 aliphatic heterocycles. The summed E-state index contributed by atoms with van der Waals surface area (Å²) in [4.78, 5) is 4.68. The van der Waals surface area contributed by atoms with Crippen LogP contribution in [-0.2, 0) is 13.0 Å². The number of methoxy groups -OCH3 is 3. The highest BCUT2D eigenvalue weighted by molar-refractivity contribution is 5.79. The SMILES string of the molecule is CCNC(=NCc1ccc(OC)c(C)c1)NCCc1ccc(OC)c(OC)c1. The van der Waals surface area contributed by atoms with Gasteiger partial charge in [0.2, 0.25) is 0 Å². The lowest BCUT2D eigenvalue weighted by Gasteiger charge is -2.13. The standard InChI is InChI=1S/C22H31N3O3/c1-6-23-22(25-15-18-8-9-19(26-3)16(2)13-18)24-12-11-17-7-10-20(27-4)21(14-17)28-5/h7-10,13-14H,6,11-12,15H2,1-5H3,(H2,23,24,25). The van der Waals surface area contributed by atoms with Crippen molar-refractivity contribution in [3.63, 3.8) is 0 Å². The van der Waals surface area contributed by atoms with E-state index in [1.54, 1.807) is 21.3 Å². The molecule has 0 amide bonds. The molecule has 0 fully saturated rings. The maximum Gasteiger partial charge on any atom is 0.191 e. The Kier molecular flexibility index (Phi) is 8.46. The van der Waals surface area contributed by atoms with E-state index in [2.05, 4.69) is 28.6 Å². The van der Waals surface area contributed by atoms with Gasteiger partial charge in [-0.3, -0.25) is 0 Å². The van der Waals surface area contributed by atoms with Gasteiger partial charge in [0.25, 0.3) is 0 Å². The lowest BCUT2D eigenvalue weighted by atomic mass is 10.1. The quantitative estimate of drug-likeness (QED) is 0.512. The smallest absolute Gasteiger partial charge is 0.191 e. The number of nitrogens with one attached hydrogen (secondary N) is 2. The van der Waals surface area contributed by atoms with Crippen LogP contribution in [0.15, 0.2) is 41.4 Å². The largest absolute Gasteiger partial charge is 0.496 e. The summed E-state index contributed by atoms with van der Waals surface area (Å²) >= 11 is 0. The molecule has 0 saturated heterocycles. The molecule has 28 heavy (non-hydrogen) atoms. The molecule has 0 radical (unpaired) electrons. The highest BCUT2D eigenvalue weighted by Crippen LogP contribution is 2.27. The second kappa shape index (κ2) is 11.1. The Morgan fingerprint density at radius 2 is 1.54 bits per heavy atom. The predicted octanol–water partition coefficient (Wildman–Crippen LogP) is 3.32. The van der Waals surface area contributed by atoms with Crippen molar-refractivity contribution < 1.29 is 14.2 Å². The molecule has 2 aromatic rings. The Bertz CT molecular complexity index is 791. The second-order valence-electron chi connectivity index (χ2n) is 6.37. The zero-order chi connectivity index (χ0) is 20.4. The van der Waals surface area contributed by atoms with Gasteiger partial charge in [-0.15, -0.1) is 0 Å². The van der Waals surface area contributed by atoms with E-state index >= 15 is 0 Å². The first-order chi connectivity index (χ1) is 13.6. The van der Waals surface area contributed by atoms with Crippen LogP contribution in [0.25, 0.3) is 0 Å². The number of aryl methyl sites for hydroxylation is 1. The average Bonchev–Trinajstić information content (AvgIpc) is 2.71. The van der Waals surface area contributed by atoms with Gasteiger partial charge in [-0.1, -0.05) is 18.2 Å². The Morgan fingerprint density at radius 1 is 0.857 bits per heavy atom. The molecule has 0 saturated carbocycles. The maximum atomic E-state index is 5.37. The molecule has 0 spiro atoms. The van der Waals surface area contributed by atoms with Crippen molar-refractivity contribution in [1.29, 1.82) is 0 Å². The molecular weight excluding hydrogens is 354 g/mol. The number of hydrogen-bond acceptors (Lipinski definition) is 4. The molecule has 2 aromatic carbocycles. The van der Waals surface area contributed by atoms with Crippen LogP contribution < -0.4 is 24.8 Å². The summed E-state index contributed by atoms with van der Waals surface area (Å²) in [6.07, 6.45) is 0.854. The molecular formula is C22H31N3O3. The van der Waals surface area contributed by atoms with Gasteiger partial charge in [0.15, 0.2) is 17.5 Å². The summed E-state index contributed by atoms with van der Waals surface area (Å²) in [6.45, 7) is 6.28. The first-order valence-electron chi connectivity index (χ1n) is 9.47. The van der Waals surface area contributed by atoms with Crippen LogP contribution >= 0.6 is 0 Å². The maximum absolute atomic E-state index is 5.37. The number of nitrogens with zero attached hydrogens (tertiary/aromatic N) is 1. The summed E-state index contributed by atoms with van der Waals surface area (Å²) in [5.74, 6) is 3.18. The van der Waals surface area contributed by atoms with Crippen molar-refractivity contribution in [1.82, 2.24) is 10.6 Å². The van der Waals surface area contributed by atoms with Crippen molar-refractivity contribution in [2.75, 3.05) is 34.4 Å². The highest BCUT2D eigenvalue weighted by Gasteiger charge is 2.05. The molecule has 0 unspecified atom stereocenters. The Balaban J connectivity index is 1.95. The fraction of sp³-hybridized carbons (Fsp3) is 0.409. The molecule has 0 aliphatic carbocycles. The first kappa shape index (κ1) is 21.4. The molecule has 0 heterocycles. The fourth-order valence-corrected chi connectivity index (χ4v) is 2.91. The Morgan fingerprint density at radius 3 is 2.18 bits per heavy atom. The van der Waals surface area contributed by atoms with E-state index in [1.165, 1.54) is 5.56 Å². The van der Waals surface area contributed by atoms with Crippen LogP contribution in [0.5, 0.6) is 17.2 Å². The van der Waals surface area contributed by atoms with Crippen LogP contribution in [0.1, 0.15) is 23.6 Å². The van der Waals surface area contributed by atoms with Crippen LogP contribution in [0, 0.1) is 6.92 Å². The Hall–Kier alpha value is -2.89. The van der Waals surface area contributed by atoms with E-state index in [1.807, 2.05) is 37.3 Å². The number of rotatable bonds is 9. The minimum Gasteiger partial charge on any atom is -0.496 e. The molecule has 0 aromatic heterocycles. The molecule has 2 N–H and O–H groups in total. The van der Waals surface area contributed by atoms with Crippen molar-refractivity contribution in [2.24, 2.45) is 4.99 Å². The van der Waals surface area contributed by atoms with Crippen LogP contribution in [0.4, 0.5) is 0 Å². The number of guanidine groups is 1. The third kappa shape index (κ3) is 6.08. The van der Waals surface area contributed by atoms with E-state index in [0.29, 0.717) is 6.54 Å². The third-order valence-electron chi connectivity index (χ3n) is 4.38. The number of hydrogen-bond donors (Lipinski definition) is 2. The number of aliphatic imine (C=N–C) groups is 1. The summed E-state index contributed by atoms with van der Waals surface area (Å²) in [5, 5.41) is 6.67. The average molecular weight is 386 g/mol. The molecule has 0 bridgehead atoms. The number of ether oxygens (including phenoxy) is 3. The van der Waals surface area contributed by atoms with Crippen molar-refractivity contribution >= 4 is 5.96 Å². The number of benzene rings is 2. The molecule has 2 rings (SSSR count). The van der Waals surface area contributed by atoms with Gasteiger partial charge in [-0.25, -0.2) is 4.99 Å². The molecule has 6 heteroatoms. The first-order valence-corrected chi connectivity index (χ1v) is 9.47. The summed E-state index contributed by atoms with van der Waals surface area (Å²) in [6, 6.07) is 12.1. The molecule has 0 aliphatic rings. The Labute approximate surface area is 167 Å². The van der Waals surface area contributed by atoms with E-state index in [9.17, 15) is 0 Å². The normalized spacial score (nSPS) is 11.1. The second-order valence-corrected chi connectivity index (χ2v) is 6.37. The van der Waals surface area contributed by atoms with Gasteiger partial charge in [-0.2, -0.15) is 0 Å². The van der Waals surface area contributed by atoms with Gasteiger partial charge in [0.1, 0.15) is 5.75 Å². The topological polar surface area (TPSA) is 64.1 Å². The van der Waals surface area contributed by atoms with Crippen molar-refractivity contribution in [3.05, 3.63) is 53.1 Å². The predicted molar refractivity (Wildman–Crippen MR) is 114 cm³/mol. The zero-order valence-electron chi connectivity index (χ0n) is 17.5. The third-order valence-corrected chi connectivity index (χ3v) is 4.38. The van der Waals surface area contributed by atoms with Gasteiger partial charge in [0.05, 0.1) is 27.9 Å². The molecule has 0 atom stereocenters. The highest BCUT2D eigenvalue weighted by atomic mass is 16.5. The monoisotopic (exact) mass is 385 g/mol. The van der Waals surface area contributed by atoms with Gasteiger partial charge in [-0.05, 0) is 55.2 Å². The van der Waals surface area contributed by atoms with Crippen LogP contribution in [0.3, 0.4) is 0 Å². The van der Waals surface area contributed by atoms with E-state index < -0.39 is 0 Å². The van der Waals surface area contributed by atoms with E-state index in [0.717, 1.165) is 53.8 Å². The minimum atomic E-state index is 0.608. The van der Waals surface area contributed by atoms with E-state index in [4.69, 9.17) is 14.2 Å². The van der Waals surface area contributed by atoms with Crippen LogP contribution in [0.2, 0.25) is 0 Å². The van der Waals surface area contributed by atoms with Crippen molar-refractivity contribution in [3.8, 4) is 17.2 Å². The van der Waals surface area contributed by atoms with Gasteiger partial charge in [0, 0.05) is 13.1 Å². The molecule has 152 valence electrons. The van der Waals surface area contributed by atoms with Crippen LogP contribution in [-0.4, -0.2) is 40.4 Å². The molecule has 6 nitrogen and oxygen atoms in total. The van der Waals surface area contributed by atoms with Gasteiger partial charge >= 0.3 is 0 Å². The summed E-state index contributed by atoms with van der Waals surface area (Å²) in [5.41, 5.74) is 3.43. The zero-order valence-corrected chi connectivity index (χ0v) is 17.5.